The van der Waals surface area contributed by atoms with E-state index in [9.17, 15) is 9.59 Å². The van der Waals surface area contributed by atoms with Gasteiger partial charge >= 0.3 is 12.1 Å². The molecule has 1 aliphatic rings. The molecule has 1 aliphatic heterocycles. The van der Waals surface area contributed by atoms with Gasteiger partial charge in [0.25, 0.3) is 0 Å². The summed E-state index contributed by atoms with van der Waals surface area (Å²) < 4.78 is 5.29. The summed E-state index contributed by atoms with van der Waals surface area (Å²) in [4.78, 5) is 26.7. The Kier molecular flexibility index (Phi) is 5.77. The highest BCUT2D eigenvalue weighted by Gasteiger charge is 2.29. The topological polar surface area (TPSA) is 70.1 Å². The van der Waals surface area contributed by atoms with Gasteiger partial charge in [-0.2, -0.15) is 0 Å². The number of amides is 1. The molecule has 0 saturated carbocycles. The Labute approximate surface area is 130 Å². The summed E-state index contributed by atoms with van der Waals surface area (Å²) in [7, 11) is 0. The molecule has 0 aromatic heterocycles. The van der Waals surface area contributed by atoms with Crippen molar-refractivity contribution in [3.63, 3.8) is 0 Å². The third-order valence-corrected chi connectivity index (χ3v) is 3.89. The second-order valence-corrected chi connectivity index (χ2v) is 5.33. The Morgan fingerprint density at radius 2 is 1.82 bits per heavy atom. The molecule has 1 saturated heterocycles. The van der Waals surface area contributed by atoms with Gasteiger partial charge in [0.15, 0.2) is 0 Å². The van der Waals surface area contributed by atoms with E-state index in [0.717, 1.165) is 5.56 Å². The fourth-order valence-corrected chi connectivity index (χ4v) is 2.62. The molecule has 120 valence electrons. The first-order valence-corrected chi connectivity index (χ1v) is 7.54. The number of carbonyl (C=O) groups excluding carboxylic acids is 1. The Morgan fingerprint density at radius 1 is 1.18 bits per heavy atom. The quantitative estimate of drug-likeness (QED) is 0.898. The second kappa shape index (κ2) is 7.79. The van der Waals surface area contributed by atoms with Crippen LogP contribution in [-0.4, -0.2) is 59.2 Å². The van der Waals surface area contributed by atoms with Crippen LogP contribution >= 0.6 is 0 Å². The van der Waals surface area contributed by atoms with Crippen LogP contribution in [-0.2, 0) is 16.1 Å². The summed E-state index contributed by atoms with van der Waals surface area (Å²) in [5, 5.41) is 9.16. The Balaban J connectivity index is 1.78. The van der Waals surface area contributed by atoms with Crippen LogP contribution in [0.25, 0.3) is 0 Å². The van der Waals surface area contributed by atoms with Gasteiger partial charge in [0.1, 0.15) is 12.6 Å². The van der Waals surface area contributed by atoms with E-state index in [-0.39, 0.29) is 12.7 Å². The number of hydrogen-bond acceptors (Lipinski definition) is 4. The van der Waals surface area contributed by atoms with Gasteiger partial charge in [-0.25, -0.2) is 4.79 Å². The molecule has 1 amide bonds. The summed E-state index contributed by atoms with van der Waals surface area (Å²) in [6.07, 6.45) is 0.222. The minimum Gasteiger partial charge on any atom is -0.480 e. The maximum atomic E-state index is 12.0. The van der Waals surface area contributed by atoms with Gasteiger partial charge in [0.05, 0.1) is 0 Å². The molecule has 6 nitrogen and oxygen atoms in total. The van der Waals surface area contributed by atoms with E-state index in [4.69, 9.17) is 9.84 Å². The SMILES string of the molecule is CCC(C(=O)O)N1CCN(C(=O)OCc2ccccc2)CC1. The molecule has 1 atom stereocenters. The van der Waals surface area contributed by atoms with Gasteiger partial charge < -0.3 is 14.7 Å². The summed E-state index contributed by atoms with van der Waals surface area (Å²) in [5.74, 6) is -0.803. The Morgan fingerprint density at radius 3 is 2.36 bits per heavy atom. The predicted molar refractivity (Wildman–Crippen MR) is 81.5 cm³/mol. The van der Waals surface area contributed by atoms with E-state index in [2.05, 4.69) is 0 Å². The predicted octanol–water partition coefficient (Wildman–Crippen LogP) is 1.80. The molecule has 0 radical (unpaired) electrons. The largest absolute Gasteiger partial charge is 0.480 e. The fourth-order valence-electron chi connectivity index (χ4n) is 2.62. The van der Waals surface area contributed by atoms with Crippen LogP contribution in [0.5, 0.6) is 0 Å². The van der Waals surface area contributed by atoms with E-state index in [1.165, 1.54) is 0 Å². The molecular formula is C16H22N2O4. The summed E-state index contributed by atoms with van der Waals surface area (Å²) in [6.45, 7) is 4.23. The first-order valence-electron chi connectivity index (χ1n) is 7.54. The minimum atomic E-state index is -0.803. The van der Waals surface area contributed by atoms with Crippen LogP contribution in [0.3, 0.4) is 0 Å². The number of rotatable bonds is 5. The zero-order chi connectivity index (χ0) is 15.9. The molecule has 0 aliphatic carbocycles. The monoisotopic (exact) mass is 306 g/mol. The highest BCUT2D eigenvalue weighted by atomic mass is 16.6. The van der Waals surface area contributed by atoms with E-state index < -0.39 is 12.0 Å². The van der Waals surface area contributed by atoms with Crippen molar-refractivity contribution >= 4 is 12.1 Å². The molecule has 0 bridgehead atoms. The third-order valence-electron chi connectivity index (χ3n) is 3.89. The maximum Gasteiger partial charge on any atom is 0.410 e. The van der Waals surface area contributed by atoms with Crippen molar-refractivity contribution in [1.29, 1.82) is 0 Å². The number of carbonyl (C=O) groups is 2. The van der Waals surface area contributed by atoms with Crippen molar-refractivity contribution in [3.05, 3.63) is 35.9 Å². The zero-order valence-electron chi connectivity index (χ0n) is 12.8. The molecule has 1 unspecified atom stereocenters. The number of carboxylic acids is 1. The van der Waals surface area contributed by atoms with Crippen LogP contribution < -0.4 is 0 Å². The van der Waals surface area contributed by atoms with Gasteiger partial charge in [0.2, 0.25) is 0 Å². The summed E-state index contributed by atoms with van der Waals surface area (Å²) >= 11 is 0. The van der Waals surface area contributed by atoms with Crippen molar-refractivity contribution in [1.82, 2.24) is 9.80 Å². The smallest absolute Gasteiger partial charge is 0.410 e. The van der Waals surface area contributed by atoms with Crippen LogP contribution in [0.2, 0.25) is 0 Å². The molecular weight excluding hydrogens is 284 g/mol. The molecule has 1 fully saturated rings. The van der Waals surface area contributed by atoms with Crippen LogP contribution in [0.1, 0.15) is 18.9 Å². The number of nitrogens with zero attached hydrogens (tertiary/aromatic N) is 2. The lowest BCUT2D eigenvalue weighted by atomic mass is 10.1. The number of hydrogen-bond donors (Lipinski definition) is 1. The standard InChI is InChI=1S/C16H22N2O4/c1-2-14(15(19)20)17-8-10-18(11-9-17)16(21)22-12-13-6-4-3-5-7-13/h3-7,14H,2,8-12H2,1H3,(H,19,20). The lowest BCUT2D eigenvalue weighted by Gasteiger charge is -2.36. The second-order valence-electron chi connectivity index (χ2n) is 5.33. The molecule has 0 spiro atoms. The highest BCUT2D eigenvalue weighted by Crippen LogP contribution is 2.11. The number of benzene rings is 1. The fraction of sp³-hybridized carbons (Fsp3) is 0.500. The summed E-state index contributed by atoms with van der Waals surface area (Å²) in [6, 6.07) is 9.06. The summed E-state index contributed by atoms with van der Waals surface area (Å²) in [5.41, 5.74) is 0.950. The molecule has 1 aromatic carbocycles. The number of carboxylic acid groups (broad SMARTS) is 1. The molecule has 2 rings (SSSR count). The molecule has 1 aromatic rings. The van der Waals surface area contributed by atoms with E-state index in [1.807, 2.05) is 42.2 Å². The van der Waals surface area contributed by atoms with E-state index >= 15 is 0 Å². The van der Waals surface area contributed by atoms with Crippen molar-refractivity contribution in [2.45, 2.75) is 26.0 Å². The average Bonchev–Trinajstić information content (AvgIpc) is 2.54. The average molecular weight is 306 g/mol. The lowest BCUT2D eigenvalue weighted by molar-refractivity contribution is -0.144. The van der Waals surface area contributed by atoms with Crippen molar-refractivity contribution in [2.24, 2.45) is 0 Å². The molecule has 22 heavy (non-hydrogen) atoms. The number of piperazine rings is 1. The first kappa shape index (κ1) is 16.3. The van der Waals surface area contributed by atoms with Gasteiger partial charge in [-0.1, -0.05) is 37.3 Å². The van der Waals surface area contributed by atoms with Crippen LogP contribution in [0.4, 0.5) is 4.79 Å². The van der Waals surface area contributed by atoms with E-state index in [1.54, 1.807) is 4.90 Å². The highest BCUT2D eigenvalue weighted by molar-refractivity contribution is 5.73. The van der Waals surface area contributed by atoms with Gasteiger partial charge in [0, 0.05) is 26.2 Å². The first-order chi connectivity index (χ1) is 10.6. The van der Waals surface area contributed by atoms with Crippen molar-refractivity contribution < 1.29 is 19.4 Å². The molecule has 6 heteroatoms. The zero-order valence-corrected chi connectivity index (χ0v) is 12.8. The lowest BCUT2D eigenvalue weighted by Crippen LogP contribution is -2.53. The maximum absolute atomic E-state index is 12.0. The van der Waals surface area contributed by atoms with E-state index in [0.29, 0.717) is 32.6 Å². The minimum absolute atomic E-state index is 0.257. The number of aliphatic carboxylic acids is 1. The van der Waals surface area contributed by atoms with Crippen LogP contribution in [0, 0.1) is 0 Å². The third kappa shape index (κ3) is 4.21. The van der Waals surface area contributed by atoms with Gasteiger partial charge in [-0.05, 0) is 12.0 Å². The van der Waals surface area contributed by atoms with Crippen molar-refractivity contribution in [2.75, 3.05) is 26.2 Å². The molecule has 1 N–H and O–H groups in total. The molecule has 1 heterocycles. The van der Waals surface area contributed by atoms with Crippen LogP contribution in [0.15, 0.2) is 30.3 Å². The normalized spacial score (nSPS) is 17.0. The Bertz CT molecular complexity index is 498. The Hall–Kier alpha value is -2.08. The van der Waals surface area contributed by atoms with Gasteiger partial charge in [-0.3, -0.25) is 9.69 Å². The van der Waals surface area contributed by atoms with Crippen molar-refractivity contribution in [3.8, 4) is 0 Å². The number of ether oxygens (including phenoxy) is 1. The van der Waals surface area contributed by atoms with Gasteiger partial charge in [-0.15, -0.1) is 0 Å².